The minimum atomic E-state index is -1.00. The van der Waals surface area contributed by atoms with Crippen LogP contribution in [0.15, 0.2) is 65.9 Å². The van der Waals surface area contributed by atoms with Crippen LogP contribution in [-0.2, 0) is 16.0 Å². The Morgan fingerprint density at radius 1 is 1.10 bits per heavy atom. The van der Waals surface area contributed by atoms with E-state index in [1.165, 1.54) is 31.2 Å². The lowest BCUT2D eigenvalue weighted by Crippen LogP contribution is -2.43. The van der Waals surface area contributed by atoms with Crippen molar-refractivity contribution in [3.63, 3.8) is 0 Å². The zero-order valence-corrected chi connectivity index (χ0v) is 16.6. The first-order valence-electron chi connectivity index (χ1n) is 10.2. The maximum Gasteiger partial charge on any atom is 0.264 e. The molecule has 2 amide bonds. The third-order valence-corrected chi connectivity index (χ3v) is 6.00. The maximum absolute atomic E-state index is 12.7. The van der Waals surface area contributed by atoms with E-state index in [1.807, 2.05) is 54.6 Å². The van der Waals surface area contributed by atoms with Crippen molar-refractivity contribution in [2.75, 3.05) is 5.32 Å². The van der Waals surface area contributed by atoms with Gasteiger partial charge in [-0.1, -0.05) is 55.3 Å². The van der Waals surface area contributed by atoms with Crippen LogP contribution in [0.4, 0.5) is 5.69 Å². The van der Waals surface area contributed by atoms with Gasteiger partial charge in [0, 0.05) is 12.1 Å². The van der Waals surface area contributed by atoms with Gasteiger partial charge in [0.05, 0.1) is 5.54 Å². The molecule has 0 aromatic heterocycles. The third kappa shape index (κ3) is 3.90. The number of amides is 2. The number of aliphatic hydroxyl groups excluding tert-OH is 1. The van der Waals surface area contributed by atoms with Crippen LogP contribution in [0.25, 0.3) is 0 Å². The number of hydrogen-bond donors (Lipinski definition) is 3. The summed E-state index contributed by atoms with van der Waals surface area (Å²) in [5.74, 6) is -0.761. The van der Waals surface area contributed by atoms with Crippen molar-refractivity contribution in [3.8, 4) is 0 Å². The molecule has 150 valence electrons. The Morgan fingerprint density at radius 3 is 2.41 bits per heavy atom. The molecule has 2 aromatic rings. The van der Waals surface area contributed by atoms with Crippen LogP contribution in [0.5, 0.6) is 0 Å². The van der Waals surface area contributed by atoms with E-state index >= 15 is 0 Å². The Hall–Kier alpha value is -3.08. The average molecular weight is 390 g/mol. The average Bonchev–Trinajstić information content (AvgIpc) is 3.30. The van der Waals surface area contributed by atoms with Crippen LogP contribution in [-0.4, -0.2) is 22.5 Å². The maximum atomic E-state index is 12.7. The summed E-state index contributed by atoms with van der Waals surface area (Å²) >= 11 is 0. The minimum Gasteiger partial charge on any atom is -0.509 e. The summed E-state index contributed by atoms with van der Waals surface area (Å²) in [4.78, 5) is 25.2. The zero-order chi connectivity index (χ0) is 20.4. The van der Waals surface area contributed by atoms with Crippen molar-refractivity contribution >= 4 is 17.5 Å². The lowest BCUT2D eigenvalue weighted by Gasteiger charge is -2.24. The highest BCUT2D eigenvalue weighted by atomic mass is 16.3. The first-order chi connectivity index (χ1) is 14.0. The molecule has 0 spiro atoms. The molecule has 1 fully saturated rings. The quantitative estimate of drug-likeness (QED) is 0.669. The van der Waals surface area contributed by atoms with E-state index in [9.17, 15) is 14.7 Å². The van der Waals surface area contributed by atoms with Gasteiger partial charge in [0.2, 0.25) is 0 Å². The molecule has 2 aromatic carbocycles. The minimum absolute atomic E-state index is 0.216. The summed E-state index contributed by atoms with van der Waals surface area (Å²) in [6.45, 7) is 1.73. The highest BCUT2D eigenvalue weighted by Crippen LogP contribution is 2.34. The van der Waals surface area contributed by atoms with Gasteiger partial charge in [-0.3, -0.25) is 9.59 Å². The van der Waals surface area contributed by atoms with Crippen LogP contribution in [0.3, 0.4) is 0 Å². The molecule has 3 N–H and O–H groups in total. The molecule has 2 aliphatic rings. The van der Waals surface area contributed by atoms with Crippen LogP contribution >= 0.6 is 0 Å². The molecular weight excluding hydrogens is 364 g/mol. The SMILES string of the molecule is CC1(Cc2ccccc2)NC(=O)C(C(=O)Nc2ccc(C3CCCC3)cc2)=C1O. The van der Waals surface area contributed by atoms with Gasteiger partial charge >= 0.3 is 0 Å². The molecule has 1 atom stereocenters. The number of carbonyl (C=O) groups is 2. The van der Waals surface area contributed by atoms with Crippen LogP contribution in [0, 0.1) is 0 Å². The van der Waals surface area contributed by atoms with Gasteiger partial charge in [0.25, 0.3) is 11.8 Å². The summed E-state index contributed by atoms with van der Waals surface area (Å²) in [5, 5.41) is 16.2. The van der Waals surface area contributed by atoms with Crippen LogP contribution in [0.1, 0.15) is 49.7 Å². The number of nitrogens with one attached hydrogen (secondary N) is 2. The molecule has 5 nitrogen and oxygen atoms in total. The predicted octanol–water partition coefficient (Wildman–Crippen LogP) is 4.23. The Kier molecular flexibility index (Phi) is 5.14. The molecule has 0 bridgehead atoms. The molecule has 1 aliphatic heterocycles. The predicted molar refractivity (Wildman–Crippen MR) is 113 cm³/mol. The Labute approximate surface area is 170 Å². The van der Waals surface area contributed by atoms with Gasteiger partial charge in [0.15, 0.2) is 0 Å². The fourth-order valence-electron chi connectivity index (χ4n) is 4.39. The topological polar surface area (TPSA) is 78.4 Å². The zero-order valence-electron chi connectivity index (χ0n) is 16.6. The highest BCUT2D eigenvalue weighted by molar-refractivity contribution is 6.24. The Morgan fingerprint density at radius 2 is 1.76 bits per heavy atom. The van der Waals surface area contributed by atoms with E-state index in [4.69, 9.17) is 0 Å². The number of benzene rings is 2. The Balaban J connectivity index is 1.49. The number of aliphatic hydroxyl groups is 1. The molecule has 29 heavy (non-hydrogen) atoms. The number of hydrogen-bond acceptors (Lipinski definition) is 3. The molecular formula is C24H26N2O3. The number of carbonyl (C=O) groups excluding carboxylic acids is 2. The smallest absolute Gasteiger partial charge is 0.264 e. The summed E-state index contributed by atoms with van der Waals surface area (Å²) in [6.07, 6.45) is 5.37. The monoisotopic (exact) mass is 390 g/mol. The van der Waals surface area contributed by atoms with E-state index in [1.54, 1.807) is 6.92 Å². The summed E-state index contributed by atoms with van der Waals surface area (Å²) in [5.41, 5.74) is 1.64. The largest absolute Gasteiger partial charge is 0.509 e. The first kappa shape index (κ1) is 19.2. The number of anilines is 1. The third-order valence-electron chi connectivity index (χ3n) is 6.00. The van der Waals surface area contributed by atoms with Crippen molar-refractivity contribution in [1.82, 2.24) is 5.32 Å². The fraction of sp³-hybridized carbons (Fsp3) is 0.333. The molecule has 0 saturated heterocycles. The summed E-state index contributed by atoms with van der Waals surface area (Å²) in [6, 6.07) is 17.4. The second-order valence-corrected chi connectivity index (χ2v) is 8.23. The van der Waals surface area contributed by atoms with Crippen LogP contribution < -0.4 is 10.6 Å². The molecule has 1 saturated carbocycles. The van der Waals surface area contributed by atoms with Gasteiger partial charge in [-0.05, 0) is 48.9 Å². The molecule has 0 radical (unpaired) electrons. The lowest BCUT2D eigenvalue weighted by atomic mass is 9.91. The molecule has 4 rings (SSSR count). The van der Waals surface area contributed by atoms with Crippen LogP contribution in [0.2, 0.25) is 0 Å². The normalized spacial score (nSPS) is 22.0. The van der Waals surface area contributed by atoms with Gasteiger partial charge in [-0.2, -0.15) is 0 Å². The lowest BCUT2D eigenvalue weighted by molar-refractivity contribution is -0.121. The van der Waals surface area contributed by atoms with Crippen molar-refractivity contribution in [2.45, 2.75) is 50.5 Å². The van der Waals surface area contributed by atoms with Crippen molar-refractivity contribution in [3.05, 3.63) is 77.1 Å². The van der Waals surface area contributed by atoms with E-state index in [0.717, 1.165) is 5.56 Å². The molecule has 1 heterocycles. The van der Waals surface area contributed by atoms with E-state index in [-0.39, 0.29) is 11.3 Å². The van der Waals surface area contributed by atoms with Crippen molar-refractivity contribution in [1.29, 1.82) is 0 Å². The van der Waals surface area contributed by atoms with Gasteiger partial charge in [-0.25, -0.2) is 0 Å². The van der Waals surface area contributed by atoms with Crippen molar-refractivity contribution in [2.24, 2.45) is 0 Å². The number of rotatable bonds is 5. The fourth-order valence-corrected chi connectivity index (χ4v) is 4.39. The molecule has 1 aliphatic carbocycles. The standard InChI is InChI=1S/C24H26N2O3/c1-24(15-16-7-3-2-4-8-16)21(27)20(23(29)26-24)22(28)25-19-13-11-18(12-14-19)17-9-5-6-10-17/h2-4,7-8,11-14,17,27H,5-6,9-10,15H2,1H3,(H,25,28)(H,26,29). The summed E-state index contributed by atoms with van der Waals surface area (Å²) in [7, 11) is 0. The molecule has 5 heteroatoms. The van der Waals surface area contributed by atoms with E-state index in [2.05, 4.69) is 10.6 Å². The first-order valence-corrected chi connectivity index (χ1v) is 10.2. The van der Waals surface area contributed by atoms with Gasteiger partial charge in [0.1, 0.15) is 11.3 Å². The Bertz CT molecular complexity index is 944. The summed E-state index contributed by atoms with van der Waals surface area (Å²) < 4.78 is 0. The van der Waals surface area contributed by atoms with Gasteiger partial charge in [-0.15, -0.1) is 0 Å². The second kappa shape index (κ2) is 7.74. The molecule has 1 unspecified atom stereocenters. The van der Waals surface area contributed by atoms with Gasteiger partial charge < -0.3 is 15.7 Å². The van der Waals surface area contributed by atoms with E-state index in [0.29, 0.717) is 18.0 Å². The van der Waals surface area contributed by atoms with Crippen molar-refractivity contribution < 1.29 is 14.7 Å². The van der Waals surface area contributed by atoms with E-state index < -0.39 is 17.4 Å². The highest BCUT2D eigenvalue weighted by Gasteiger charge is 2.44. The second-order valence-electron chi connectivity index (χ2n) is 8.23.